The van der Waals surface area contributed by atoms with Gasteiger partial charge in [0.2, 0.25) is 5.91 Å². The number of rotatable bonds is 8. The van der Waals surface area contributed by atoms with Crippen LogP contribution < -0.4 is 5.32 Å². The Bertz CT molecular complexity index is 966. The van der Waals surface area contributed by atoms with Crippen LogP contribution in [0.15, 0.2) is 66.9 Å². The molecule has 0 radical (unpaired) electrons. The number of carbonyl (C=O) groups excluding carboxylic acids is 1. The van der Waals surface area contributed by atoms with Gasteiger partial charge in [0.25, 0.3) is 0 Å². The molecule has 1 heterocycles. The molecule has 1 aliphatic rings. The molecule has 0 unspecified atom stereocenters. The number of aryl methyl sites for hydroxylation is 1. The predicted molar refractivity (Wildman–Crippen MR) is 126 cm³/mol. The zero-order valence-corrected chi connectivity index (χ0v) is 18.1. The normalized spacial score (nSPS) is 14.3. The molecule has 0 atom stereocenters. The summed E-state index contributed by atoms with van der Waals surface area (Å²) in [5.74, 6) is 1.28. The molecule has 1 aromatic heterocycles. The van der Waals surface area contributed by atoms with Crippen LogP contribution in [0, 0.1) is 5.92 Å². The number of amides is 1. The second-order valence-electron chi connectivity index (χ2n) is 8.51. The fraction of sp³-hybridized carbons (Fsp3) is 0.370. The van der Waals surface area contributed by atoms with Gasteiger partial charge in [-0.05, 0) is 30.7 Å². The van der Waals surface area contributed by atoms with Gasteiger partial charge in [-0.25, -0.2) is 9.97 Å². The summed E-state index contributed by atoms with van der Waals surface area (Å²) in [6, 6.07) is 20.4. The number of hydrogen-bond acceptors (Lipinski definition) is 3. The van der Waals surface area contributed by atoms with E-state index in [1.165, 1.54) is 37.7 Å². The van der Waals surface area contributed by atoms with E-state index in [-0.39, 0.29) is 5.91 Å². The van der Waals surface area contributed by atoms with Crippen molar-refractivity contribution in [3.8, 4) is 11.3 Å². The molecule has 0 saturated heterocycles. The average Bonchev–Trinajstić information content (AvgIpc) is 2.82. The van der Waals surface area contributed by atoms with E-state index < -0.39 is 0 Å². The molecular weight excluding hydrogens is 382 g/mol. The van der Waals surface area contributed by atoms with Crippen molar-refractivity contribution in [3.05, 3.63) is 78.1 Å². The van der Waals surface area contributed by atoms with Gasteiger partial charge in [0, 0.05) is 12.0 Å². The molecule has 4 rings (SSSR count). The first-order valence-electron chi connectivity index (χ1n) is 11.5. The largest absolute Gasteiger partial charge is 0.309 e. The Labute approximate surface area is 185 Å². The minimum Gasteiger partial charge on any atom is -0.309 e. The third kappa shape index (κ3) is 6.24. The van der Waals surface area contributed by atoms with E-state index in [0.29, 0.717) is 18.2 Å². The number of carbonyl (C=O) groups is 1. The summed E-state index contributed by atoms with van der Waals surface area (Å²) < 4.78 is 0. The molecule has 1 N–H and O–H groups in total. The van der Waals surface area contributed by atoms with Crippen LogP contribution in [-0.4, -0.2) is 15.9 Å². The molecule has 1 saturated carbocycles. The molecule has 0 spiro atoms. The molecule has 1 fully saturated rings. The summed E-state index contributed by atoms with van der Waals surface area (Å²) >= 11 is 0. The zero-order valence-electron chi connectivity index (χ0n) is 18.1. The highest BCUT2D eigenvalue weighted by Crippen LogP contribution is 2.29. The Morgan fingerprint density at radius 1 is 0.935 bits per heavy atom. The lowest BCUT2D eigenvalue weighted by Gasteiger charge is -2.22. The molecule has 4 heteroatoms. The van der Waals surface area contributed by atoms with Gasteiger partial charge in [-0.1, -0.05) is 92.8 Å². The van der Waals surface area contributed by atoms with Gasteiger partial charge in [0.15, 0.2) is 5.82 Å². The van der Waals surface area contributed by atoms with Gasteiger partial charge in [-0.15, -0.1) is 0 Å². The van der Waals surface area contributed by atoms with Crippen LogP contribution in [0.1, 0.15) is 56.2 Å². The van der Waals surface area contributed by atoms with E-state index in [0.717, 1.165) is 36.2 Å². The maximum absolute atomic E-state index is 12.6. The van der Waals surface area contributed by atoms with E-state index in [1.807, 2.05) is 36.4 Å². The van der Waals surface area contributed by atoms with E-state index in [2.05, 4.69) is 34.6 Å². The van der Waals surface area contributed by atoms with Gasteiger partial charge in [0.1, 0.15) is 0 Å². The molecule has 4 nitrogen and oxygen atoms in total. The number of anilines is 1. The van der Waals surface area contributed by atoms with Gasteiger partial charge in [-0.2, -0.15) is 0 Å². The van der Waals surface area contributed by atoms with Crippen LogP contribution in [-0.2, 0) is 17.6 Å². The molecule has 31 heavy (non-hydrogen) atoms. The van der Waals surface area contributed by atoms with Gasteiger partial charge in [0.05, 0.1) is 17.6 Å². The maximum Gasteiger partial charge on any atom is 0.225 e. The first-order valence-corrected chi connectivity index (χ1v) is 11.5. The summed E-state index contributed by atoms with van der Waals surface area (Å²) in [7, 11) is 0. The predicted octanol–water partition coefficient (Wildman–Crippen LogP) is 6.23. The lowest BCUT2D eigenvalue weighted by Crippen LogP contribution is -2.18. The van der Waals surface area contributed by atoms with Crippen molar-refractivity contribution < 1.29 is 4.79 Å². The monoisotopic (exact) mass is 413 g/mol. The standard InChI is InChI=1S/C27H31N3O/c31-26(18-10-15-21-11-4-1-5-12-21)30-27-24(19-22-13-6-2-7-14-22)29-25(20-28-27)23-16-8-3-9-17-23/h1,3-5,8-9,11-12,16-17,20,22H,2,6-7,10,13-15,18-19H2,(H,28,30,31). The highest BCUT2D eigenvalue weighted by Gasteiger charge is 2.19. The first kappa shape index (κ1) is 21.2. The van der Waals surface area contributed by atoms with Crippen molar-refractivity contribution in [1.29, 1.82) is 0 Å². The fourth-order valence-corrected chi connectivity index (χ4v) is 4.38. The Hall–Kier alpha value is -3.01. The summed E-state index contributed by atoms with van der Waals surface area (Å²) in [5.41, 5.74) is 4.11. The average molecular weight is 414 g/mol. The Morgan fingerprint density at radius 3 is 2.39 bits per heavy atom. The van der Waals surface area contributed by atoms with Crippen molar-refractivity contribution in [1.82, 2.24) is 9.97 Å². The molecule has 2 aromatic carbocycles. The summed E-state index contributed by atoms with van der Waals surface area (Å²) in [6.07, 6.45) is 11.3. The van der Waals surface area contributed by atoms with Crippen LogP contribution in [0.2, 0.25) is 0 Å². The Morgan fingerprint density at radius 2 is 1.65 bits per heavy atom. The van der Waals surface area contributed by atoms with Crippen LogP contribution in [0.3, 0.4) is 0 Å². The molecule has 160 valence electrons. The highest BCUT2D eigenvalue weighted by atomic mass is 16.1. The molecular formula is C27H31N3O. The summed E-state index contributed by atoms with van der Waals surface area (Å²) in [6.45, 7) is 0. The molecule has 0 aliphatic heterocycles. The summed E-state index contributed by atoms with van der Waals surface area (Å²) in [5, 5.41) is 3.05. The van der Waals surface area contributed by atoms with Gasteiger partial charge < -0.3 is 5.32 Å². The maximum atomic E-state index is 12.6. The second kappa shape index (κ2) is 10.9. The van der Waals surface area contributed by atoms with E-state index >= 15 is 0 Å². The van der Waals surface area contributed by atoms with E-state index in [4.69, 9.17) is 4.98 Å². The van der Waals surface area contributed by atoms with Crippen molar-refractivity contribution in [2.24, 2.45) is 5.92 Å². The minimum atomic E-state index is 0.0163. The van der Waals surface area contributed by atoms with Crippen molar-refractivity contribution in [3.63, 3.8) is 0 Å². The molecule has 1 amide bonds. The third-order valence-electron chi connectivity index (χ3n) is 6.09. The summed E-state index contributed by atoms with van der Waals surface area (Å²) in [4.78, 5) is 22.2. The van der Waals surface area contributed by atoms with Crippen LogP contribution in [0.4, 0.5) is 5.82 Å². The van der Waals surface area contributed by atoms with Crippen molar-refractivity contribution in [2.75, 3.05) is 5.32 Å². The smallest absolute Gasteiger partial charge is 0.225 e. The lowest BCUT2D eigenvalue weighted by molar-refractivity contribution is -0.116. The molecule has 1 aliphatic carbocycles. The van der Waals surface area contributed by atoms with Crippen LogP contribution in [0.5, 0.6) is 0 Å². The van der Waals surface area contributed by atoms with Gasteiger partial charge in [-0.3, -0.25) is 4.79 Å². The van der Waals surface area contributed by atoms with E-state index in [1.54, 1.807) is 6.20 Å². The molecule has 3 aromatic rings. The van der Waals surface area contributed by atoms with Gasteiger partial charge >= 0.3 is 0 Å². The highest BCUT2D eigenvalue weighted by molar-refractivity contribution is 5.90. The SMILES string of the molecule is O=C(CCCc1ccccc1)Nc1ncc(-c2ccccc2)nc1CC1CCCCC1. The first-order chi connectivity index (χ1) is 15.3. The molecule has 0 bridgehead atoms. The number of benzene rings is 2. The quantitative estimate of drug-likeness (QED) is 0.476. The number of nitrogens with zero attached hydrogens (tertiary/aromatic N) is 2. The second-order valence-corrected chi connectivity index (χ2v) is 8.51. The third-order valence-corrected chi connectivity index (χ3v) is 6.09. The number of nitrogens with one attached hydrogen (secondary N) is 1. The fourth-order valence-electron chi connectivity index (χ4n) is 4.38. The van der Waals surface area contributed by atoms with Crippen LogP contribution in [0.25, 0.3) is 11.3 Å². The van der Waals surface area contributed by atoms with Crippen LogP contribution >= 0.6 is 0 Å². The Kier molecular flexibility index (Phi) is 7.43. The Balaban J connectivity index is 1.45. The van der Waals surface area contributed by atoms with E-state index in [9.17, 15) is 4.79 Å². The topological polar surface area (TPSA) is 54.9 Å². The van der Waals surface area contributed by atoms with Crippen molar-refractivity contribution in [2.45, 2.75) is 57.8 Å². The minimum absolute atomic E-state index is 0.0163. The number of hydrogen-bond donors (Lipinski definition) is 1. The van der Waals surface area contributed by atoms with Crippen molar-refractivity contribution >= 4 is 11.7 Å². The zero-order chi connectivity index (χ0) is 21.3. The number of aromatic nitrogens is 2. The lowest BCUT2D eigenvalue weighted by atomic mass is 9.86.